The highest BCUT2D eigenvalue weighted by atomic mass is 19.1. The summed E-state index contributed by atoms with van der Waals surface area (Å²) in [6.07, 6.45) is 4.22. The molecule has 31 heavy (non-hydrogen) atoms. The third-order valence-electron chi connectivity index (χ3n) is 7.09. The van der Waals surface area contributed by atoms with Gasteiger partial charge in [0.05, 0.1) is 54.5 Å². The largest absolute Gasteiger partial charge is 0.362 e. The Kier molecular flexibility index (Phi) is 3.87. The van der Waals surface area contributed by atoms with E-state index in [2.05, 4.69) is 38.6 Å². The molecule has 0 radical (unpaired) electrons. The van der Waals surface area contributed by atoms with Gasteiger partial charge in [-0.05, 0) is 38.3 Å². The first kappa shape index (κ1) is 18.3. The number of fused-ring (bicyclic) bond motifs is 7. The van der Waals surface area contributed by atoms with Crippen LogP contribution in [0.2, 0.25) is 0 Å². The molecule has 1 fully saturated rings. The van der Waals surface area contributed by atoms with Crippen molar-refractivity contribution in [1.82, 2.24) is 24.3 Å². The third-order valence-corrected chi connectivity index (χ3v) is 7.09. The van der Waals surface area contributed by atoms with Gasteiger partial charge in [-0.1, -0.05) is 0 Å². The Balaban J connectivity index is 1.43. The van der Waals surface area contributed by atoms with Crippen molar-refractivity contribution >= 4 is 11.2 Å². The van der Waals surface area contributed by atoms with Gasteiger partial charge in [0, 0.05) is 18.2 Å². The van der Waals surface area contributed by atoms with Gasteiger partial charge in [0.15, 0.2) is 5.82 Å². The van der Waals surface area contributed by atoms with E-state index in [1.165, 1.54) is 22.0 Å². The second-order valence-corrected chi connectivity index (χ2v) is 8.73. The van der Waals surface area contributed by atoms with E-state index in [4.69, 9.17) is 5.10 Å². The minimum atomic E-state index is -0.425. The van der Waals surface area contributed by atoms with Crippen molar-refractivity contribution in [2.24, 2.45) is 0 Å². The summed E-state index contributed by atoms with van der Waals surface area (Å²) in [6.45, 7) is 3.90. The zero-order valence-corrected chi connectivity index (χ0v) is 17.2. The van der Waals surface area contributed by atoms with Crippen LogP contribution < -0.4 is 4.90 Å². The molecule has 3 aliphatic rings. The van der Waals surface area contributed by atoms with E-state index in [0.29, 0.717) is 36.9 Å². The molecular formula is C22H21FN8. The SMILES string of the molecule is C[C@@H]1CN(c2ccc(C#N)n3ncc(F)c23)Cc2c3c(nn21)C1CCC(C3)N1CC#N. The predicted octanol–water partition coefficient (Wildman–Crippen LogP) is 2.71. The number of hydrogen-bond donors (Lipinski definition) is 0. The maximum absolute atomic E-state index is 14.6. The second kappa shape index (κ2) is 6.53. The topological polar surface area (TPSA) is 89.2 Å². The maximum Gasteiger partial charge on any atom is 0.171 e. The summed E-state index contributed by atoms with van der Waals surface area (Å²) in [5.74, 6) is -0.425. The summed E-state index contributed by atoms with van der Waals surface area (Å²) in [5.41, 5.74) is 5.00. The second-order valence-electron chi connectivity index (χ2n) is 8.73. The molecular weight excluding hydrogens is 395 g/mol. The van der Waals surface area contributed by atoms with Crippen LogP contribution in [-0.2, 0) is 13.0 Å². The van der Waals surface area contributed by atoms with Gasteiger partial charge < -0.3 is 4.90 Å². The molecule has 6 rings (SSSR count). The number of nitrogens with zero attached hydrogens (tertiary/aromatic N) is 8. The first-order chi connectivity index (χ1) is 15.1. The fourth-order valence-electron chi connectivity index (χ4n) is 5.77. The lowest BCUT2D eigenvalue weighted by atomic mass is 9.96. The fourth-order valence-corrected chi connectivity index (χ4v) is 5.77. The van der Waals surface area contributed by atoms with Crippen LogP contribution in [0.4, 0.5) is 10.1 Å². The number of halogens is 1. The molecule has 0 saturated carbocycles. The number of rotatable bonds is 2. The Hall–Kier alpha value is -3.43. The molecule has 3 aromatic heterocycles. The molecule has 3 aromatic rings. The summed E-state index contributed by atoms with van der Waals surface area (Å²) in [6, 6.07) is 8.65. The van der Waals surface area contributed by atoms with Gasteiger partial charge in [-0.3, -0.25) is 9.58 Å². The van der Waals surface area contributed by atoms with Gasteiger partial charge in [-0.2, -0.15) is 20.7 Å². The molecule has 1 saturated heterocycles. The maximum atomic E-state index is 14.6. The normalized spacial score (nSPS) is 24.6. The van der Waals surface area contributed by atoms with Crippen LogP contribution in [0.1, 0.15) is 54.5 Å². The van der Waals surface area contributed by atoms with E-state index in [1.807, 2.05) is 6.07 Å². The number of anilines is 1. The van der Waals surface area contributed by atoms with Gasteiger partial charge in [0.1, 0.15) is 17.3 Å². The predicted molar refractivity (Wildman–Crippen MR) is 110 cm³/mol. The summed E-state index contributed by atoms with van der Waals surface area (Å²) in [7, 11) is 0. The summed E-state index contributed by atoms with van der Waals surface area (Å²) < 4.78 is 18.2. The summed E-state index contributed by atoms with van der Waals surface area (Å²) in [5, 5.41) is 27.7. The number of nitriles is 2. The minimum absolute atomic E-state index is 0.124. The smallest absolute Gasteiger partial charge is 0.171 e. The Bertz CT molecular complexity index is 1290. The first-order valence-electron chi connectivity index (χ1n) is 10.6. The number of aromatic nitrogens is 4. The molecule has 6 heterocycles. The lowest BCUT2D eigenvalue weighted by molar-refractivity contribution is 0.198. The molecule has 156 valence electrons. The van der Waals surface area contributed by atoms with Gasteiger partial charge in [-0.25, -0.2) is 8.91 Å². The van der Waals surface area contributed by atoms with Crippen LogP contribution >= 0.6 is 0 Å². The van der Waals surface area contributed by atoms with E-state index < -0.39 is 5.82 Å². The van der Waals surface area contributed by atoms with Gasteiger partial charge in [-0.15, -0.1) is 0 Å². The van der Waals surface area contributed by atoms with Crippen molar-refractivity contribution in [3.8, 4) is 12.1 Å². The lowest BCUT2D eigenvalue weighted by Gasteiger charge is -2.35. The first-order valence-corrected chi connectivity index (χ1v) is 10.6. The molecule has 2 bridgehead atoms. The molecule has 3 atom stereocenters. The average Bonchev–Trinajstić information content (AvgIpc) is 3.42. The summed E-state index contributed by atoms with van der Waals surface area (Å²) >= 11 is 0. The Morgan fingerprint density at radius 2 is 2.13 bits per heavy atom. The van der Waals surface area contributed by atoms with Crippen molar-refractivity contribution in [3.05, 3.63) is 46.8 Å². The van der Waals surface area contributed by atoms with Crippen molar-refractivity contribution in [1.29, 1.82) is 10.5 Å². The van der Waals surface area contributed by atoms with Crippen LogP contribution in [0, 0.1) is 28.5 Å². The van der Waals surface area contributed by atoms with Crippen molar-refractivity contribution in [2.75, 3.05) is 18.0 Å². The highest BCUT2D eigenvalue weighted by Gasteiger charge is 2.44. The van der Waals surface area contributed by atoms with Crippen molar-refractivity contribution in [2.45, 2.75) is 50.9 Å². The van der Waals surface area contributed by atoms with Gasteiger partial charge in [0.25, 0.3) is 0 Å². The van der Waals surface area contributed by atoms with Gasteiger partial charge in [0.2, 0.25) is 0 Å². The third kappa shape index (κ3) is 2.47. The lowest BCUT2D eigenvalue weighted by Crippen LogP contribution is -2.39. The Morgan fingerprint density at radius 3 is 2.94 bits per heavy atom. The van der Waals surface area contributed by atoms with E-state index >= 15 is 0 Å². The molecule has 0 spiro atoms. The van der Waals surface area contributed by atoms with Crippen LogP contribution in [0.25, 0.3) is 5.52 Å². The molecule has 3 aliphatic heterocycles. The fraction of sp³-hybridized carbons (Fsp3) is 0.455. The minimum Gasteiger partial charge on any atom is -0.362 e. The Labute approximate surface area is 178 Å². The van der Waals surface area contributed by atoms with E-state index in [1.54, 1.807) is 6.07 Å². The number of hydrogen-bond acceptors (Lipinski definition) is 6. The van der Waals surface area contributed by atoms with Crippen LogP contribution in [0.5, 0.6) is 0 Å². The highest BCUT2D eigenvalue weighted by Crippen LogP contribution is 2.45. The molecule has 0 amide bonds. The highest BCUT2D eigenvalue weighted by molar-refractivity contribution is 5.75. The van der Waals surface area contributed by atoms with Crippen molar-refractivity contribution in [3.63, 3.8) is 0 Å². The molecule has 9 heteroatoms. The van der Waals surface area contributed by atoms with Crippen LogP contribution in [-0.4, -0.2) is 43.4 Å². The zero-order valence-electron chi connectivity index (χ0n) is 17.2. The van der Waals surface area contributed by atoms with Crippen molar-refractivity contribution < 1.29 is 4.39 Å². The molecule has 0 aromatic carbocycles. The Morgan fingerprint density at radius 1 is 1.26 bits per heavy atom. The molecule has 8 nitrogen and oxygen atoms in total. The van der Waals surface area contributed by atoms with Crippen LogP contribution in [0.15, 0.2) is 18.3 Å². The summed E-state index contributed by atoms with van der Waals surface area (Å²) in [4.78, 5) is 4.47. The van der Waals surface area contributed by atoms with Crippen LogP contribution in [0.3, 0.4) is 0 Å². The molecule has 0 N–H and O–H groups in total. The molecule has 0 aliphatic carbocycles. The zero-order chi connectivity index (χ0) is 21.3. The standard InChI is InChI=1S/C22H21FN8/c1-13-11-28(19-5-3-15(9-25)31-22(19)17(23)10-26-31)12-20-16-8-14-2-4-18(29(14)7-6-24)21(16)27-30(13)20/h3,5,10,13-14,18H,2,4,7-8,11-12H2,1H3/t13-,14?,18?/m1/s1. The van der Waals surface area contributed by atoms with E-state index in [-0.39, 0.29) is 12.1 Å². The monoisotopic (exact) mass is 416 g/mol. The average molecular weight is 416 g/mol. The van der Waals surface area contributed by atoms with Gasteiger partial charge >= 0.3 is 0 Å². The quantitative estimate of drug-likeness (QED) is 0.597. The molecule has 2 unspecified atom stereocenters. The number of pyridine rings is 1. The van der Waals surface area contributed by atoms with E-state index in [0.717, 1.165) is 30.6 Å². The van der Waals surface area contributed by atoms with E-state index in [9.17, 15) is 14.9 Å².